The van der Waals surface area contributed by atoms with Crippen molar-refractivity contribution in [2.45, 2.75) is 39.5 Å². The molecule has 0 atom stereocenters. The number of rotatable bonds is 4. The summed E-state index contributed by atoms with van der Waals surface area (Å²) in [6, 6.07) is 0. The van der Waals surface area contributed by atoms with Crippen LogP contribution in [0.5, 0.6) is 0 Å². The van der Waals surface area contributed by atoms with Crippen molar-refractivity contribution >= 4 is 11.7 Å². The molecule has 3 N–H and O–H groups in total. The number of amidine groups is 1. The molecule has 1 heterocycles. The van der Waals surface area contributed by atoms with Crippen LogP contribution in [0.1, 0.15) is 39.5 Å². The van der Waals surface area contributed by atoms with E-state index in [1.54, 1.807) is 0 Å². The van der Waals surface area contributed by atoms with E-state index < -0.39 is 0 Å². The van der Waals surface area contributed by atoms with Crippen molar-refractivity contribution in [3.63, 3.8) is 0 Å². The smallest absolute Gasteiger partial charge is 0.222 e. The molecule has 98 valence electrons. The van der Waals surface area contributed by atoms with Crippen molar-refractivity contribution in [2.75, 3.05) is 13.1 Å². The molecule has 1 rings (SSSR count). The molecule has 0 aromatic carbocycles. The first-order valence-electron chi connectivity index (χ1n) is 6.29. The van der Waals surface area contributed by atoms with E-state index in [2.05, 4.69) is 19.0 Å². The molecule has 1 amide bonds. The Hall–Kier alpha value is -1.26. The minimum Gasteiger partial charge on any atom is -0.409 e. The van der Waals surface area contributed by atoms with Crippen molar-refractivity contribution in [3.05, 3.63) is 0 Å². The first-order chi connectivity index (χ1) is 8.04. The summed E-state index contributed by atoms with van der Waals surface area (Å²) in [6.45, 7) is 5.69. The number of likely N-dealkylation sites (tertiary alicyclic amines) is 1. The Bertz CT molecular complexity index is 281. The normalized spacial score (nSPS) is 18.8. The van der Waals surface area contributed by atoms with Gasteiger partial charge in [-0.25, -0.2) is 0 Å². The van der Waals surface area contributed by atoms with Crippen molar-refractivity contribution < 1.29 is 10.0 Å². The lowest BCUT2D eigenvalue weighted by molar-refractivity contribution is -0.132. The second kappa shape index (κ2) is 6.47. The highest BCUT2D eigenvalue weighted by molar-refractivity contribution is 5.83. The molecule has 1 aliphatic rings. The third-order valence-electron chi connectivity index (χ3n) is 3.32. The van der Waals surface area contributed by atoms with Gasteiger partial charge in [0.15, 0.2) is 0 Å². The van der Waals surface area contributed by atoms with Gasteiger partial charge in [0.25, 0.3) is 0 Å². The number of hydrogen-bond acceptors (Lipinski definition) is 3. The Morgan fingerprint density at radius 1 is 1.47 bits per heavy atom. The van der Waals surface area contributed by atoms with Gasteiger partial charge in [-0.05, 0) is 25.2 Å². The van der Waals surface area contributed by atoms with E-state index in [1.807, 2.05) is 4.90 Å². The Morgan fingerprint density at radius 3 is 2.53 bits per heavy atom. The summed E-state index contributed by atoms with van der Waals surface area (Å²) < 4.78 is 0. The topological polar surface area (TPSA) is 78.9 Å². The maximum atomic E-state index is 11.9. The van der Waals surface area contributed by atoms with Gasteiger partial charge in [-0.15, -0.1) is 0 Å². The van der Waals surface area contributed by atoms with Crippen molar-refractivity contribution in [2.24, 2.45) is 22.7 Å². The number of hydrogen-bond donors (Lipinski definition) is 2. The molecule has 1 fully saturated rings. The van der Waals surface area contributed by atoms with Gasteiger partial charge in [-0.2, -0.15) is 0 Å². The van der Waals surface area contributed by atoms with Gasteiger partial charge in [0.1, 0.15) is 5.84 Å². The van der Waals surface area contributed by atoms with E-state index in [1.165, 1.54) is 0 Å². The number of carbonyl (C=O) groups is 1. The zero-order valence-electron chi connectivity index (χ0n) is 10.7. The third kappa shape index (κ3) is 4.24. The Labute approximate surface area is 103 Å². The first kappa shape index (κ1) is 13.8. The van der Waals surface area contributed by atoms with E-state index in [9.17, 15) is 4.79 Å². The van der Waals surface area contributed by atoms with Gasteiger partial charge in [0.05, 0.1) is 0 Å². The van der Waals surface area contributed by atoms with Gasteiger partial charge in [0, 0.05) is 25.4 Å². The number of carbonyl (C=O) groups excluding carboxylic acids is 1. The molecule has 17 heavy (non-hydrogen) atoms. The van der Waals surface area contributed by atoms with Gasteiger partial charge in [0.2, 0.25) is 5.91 Å². The van der Waals surface area contributed by atoms with Crippen LogP contribution < -0.4 is 5.73 Å². The lowest BCUT2D eigenvalue weighted by Gasteiger charge is -2.31. The second-order valence-electron chi connectivity index (χ2n) is 5.11. The van der Waals surface area contributed by atoms with E-state index in [-0.39, 0.29) is 11.8 Å². The predicted molar refractivity (Wildman–Crippen MR) is 66.8 cm³/mol. The molecule has 1 aliphatic heterocycles. The SMILES string of the molecule is CC(C)CCC(=O)N1CCC(C(N)=NO)CC1. The predicted octanol–water partition coefficient (Wildman–Crippen LogP) is 1.41. The highest BCUT2D eigenvalue weighted by atomic mass is 16.4. The molecule has 0 aromatic rings. The Kier molecular flexibility index (Phi) is 5.25. The Morgan fingerprint density at radius 2 is 2.06 bits per heavy atom. The molecular weight excluding hydrogens is 218 g/mol. The van der Waals surface area contributed by atoms with Crippen LogP contribution in [-0.2, 0) is 4.79 Å². The van der Waals surface area contributed by atoms with Crippen LogP contribution in [-0.4, -0.2) is 34.9 Å². The van der Waals surface area contributed by atoms with Crippen molar-refractivity contribution in [3.8, 4) is 0 Å². The molecule has 1 saturated heterocycles. The molecule has 0 aliphatic carbocycles. The van der Waals surface area contributed by atoms with Gasteiger partial charge in [-0.1, -0.05) is 19.0 Å². The Balaban J connectivity index is 2.34. The standard InChI is InChI=1S/C12H23N3O2/c1-9(2)3-4-11(16)15-7-5-10(6-8-15)12(13)14-17/h9-10,17H,3-8H2,1-2H3,(H2,13,14). The summed E-state index contributed by atoms with van der Waals surface area (Å²) in [5.74, 6) is 1.21. The fourth-order valence-corrected chi connectivity index (χ4v) is 2.08. The molecule has 0 unspecified atom stereocenters. The quantitative estimate of drug-likeness (QED) is 0.338. The minimum absolute atomic E-state index is 0.120. The highest BCUT2D eigenvalue weighted by Crippen LogP contribution is 2.18. The number of piperidine rings is 1. The summed E-state index contributed by atoms with van der Waals surface area (Å²) in [5, 5.41) is 11.6. The van der Waals surface area contributed by atoms with E-state index >= 15 is 0 Å². The highest BCUT2D eigenvalue weighted by Gasteiger charge is 2.24. The minimum atomic E-state index is 0.120. The van der Waals surface area contributed by atoms with E-state index in [0.717, 1.165) is 32.4 Å². The molecule has 5 nitrogen and oxygen atoms in total. The fraction of sp³-hybridized carbons (Fsp3) is 0.833. The van der Waals surface area contributed by atoms with Crippen LogP contribution in [0.15, 0.2) is 5.16 Å². The zero-order chi connectivity index (χ0) is 12.8. The van der Waals surface area contributed by atoms with Gasteiger partial charge in [-0.3, -0.25) is 4.79 Å². The van der Waals surface area contributed by atoms with Crippen molar-refractivity contribution in [1.29, 1.82) is 0 Å². The summed E-state index contributed by atoms with van der Waals surface area (Å²) in [6.07, 6.45) is 3.16. The maximum Gasteiger partial charge on any atom is 0.222 e. The third-order valence-corrected chi connectivity index (χ3v) is 3.32. The van der Waals surface area contributed by atoms with E-state index in [0.29, 0.717) is 18.2 Å². The molecule has 0 spiro atoms. The van der Waals surface area contributed by atoms with Crippen LogP contribution in [0.4, 0.5) is 0 Å². The summed E-state index contributed by atoms with van der Waals surface area (Å²) >= 11 is 0. The summed E-state index contributed by atoms with van der Waals surface area (Å²) in [4.78, 5) is 13.8. The maximum absolute atomic E-state index is 11.9. The fourth-order valence-electron chi connectivity index (χ4n) is 2.08. The molecule has 0 radical (unpaired) electrons. The van der Waals surface area contributed by atoms with Crippen LogP contribution in [0.3, 0.4) is 0 Å². The summed E-state index contributed by atoms with van der Waals surface area (Å²) in [7, 11) is 0. The summed E-state index contributed by atoms with van der Waals surface area (Å²) in [5.41, 5.74) is 5.56. The van der Waals surface area contributed by atoms with Crippen molar-refractivity contribution in [1.82, 2.24) is 4.90 Å². The molecule has 5 heteroatoms. The monoisotopic (exact) mass is 241 g/mol. The number of nitrogens with two attached hydrogens (primary N) is 1. The van der Waals surface area contributed by atoms with Crippen LogP contribution >= 0.6 is 0 Å². The first-order valence-corrected chi connectivity index (χ1v) is 6.29. The molecule has 0 bridgehead atoms. The average molecular weight is 241 g/mol. The van der Waals surface area contributed by atoms with Gasteiger partial charge >= 0.3 is 0 Å². The second-order valence-corrected chi connectivity index (χ2v) is 5.11. The molecule has 0 saturated carbocycles. The lowest BCUT2D eigenvalue weighted by Crippen LogP contribution is -2.41. The number of amides is 1. The van der Waals surface area contributed by atoms with E-state index in [4.69, 9.17) is 10.9 Å². The molecular formula is C12H23N3O2. The number of oxime groups is 1. The molecule has 0 aromatic heterocycles. The largest absolute Gasteiger partial charge is 0.409 e. The van der Waals surface area contributed by atoms with Crippen LogP contribution in [0, 0.1) is 11.8 Å². The van der Waals surface area contributed by atoms with Crippen LogP contribution in [0.2, 0.25) is 0 Å². The van der Waals surface area contributed by atoms with Gasteiger partial charge < -0.3 is 15.8 Å². The average Bonchev–Trinajstić information content (AvgIpc) is 2.35. The van der Waals surface area contributed by atoms with Crippen LogP contribution in [0.25, 0.3) is 0 Å². The zero-order valence-corrected chi connectivity index (χ0v) is 10.7. The number of nitrogens with zero attached hydrogens (tertiary/aromatic N) is 2. The lowest BCUT2D eigenvalue weighted by atomic mass is 9.95.